The number of aliphatic hydroxyl groups is 2. The van der Waals surface area contributed by atoms with Gasteiger partial charge in [0.05, 0.1) is 11.8 Å². The van der Waals surface area contributed by atoms with E-state index in [0.29, 0.717) is 19.3 Å². The molecule has 1 aromatic heterocycles. The zero-order chi connectivity index (χ0) is 9.68. The molecule has 5 nitrogen and oxygen atoms in total. The lowest BCUT2D eigenvalue weighted by molar-refractivity contribution is 0.149. The predicted octanol–water partition coefficient (Wildman–Crippen LogP) is -0.509. The van der Waals surface area contributed by atoms with Gasteiger partial charge in [-0.15, -0.1) is 5.10 Å². The first-order valence-corrected chi connectivity index (χ1v) is 4.36. The molecule has 1 rings (SSSR count). The van der Waals surface area contributed by atoms with Crippen molar-refractivity contribution in [3.8, 4) is 0 Å². The Bertz CT molecular complexity index is 249. The first kappa shape index (κ1) is 10.1. The van der Waals surface area contributed by atoms with Crippen molar-refractivity contribution in [2.24, 2.45) is 7.05 Å². The molecule has 0 radical (unpaired) electrons. The summed E-state index contributed by atoms with van der Waals surface area (Å²) in [6.45, 7) is 0.123. The number of nitrogens with zero attached hydrogens (tertiary/aromatic N) is 3. The molecular formula is C8H15N3O2. The Labute approximate surface area is 77.0 Å². The maximum Gasteiger partial charge on any atom is 0.0852 e. The van der Waals surface area contributed by atoms with E-state index >= 15 is 0 Å². The van der Waals surface area contributed by atoms with Crippen LogP contribution in [0.25, 0.3) is 0 Å². The highest BCUT2D eigenvalue weighted by atomic mass is 16.3. The van der Waals surface area contributed by atoms with Gasteiger partial charge in [-0.25, -0.2) is 0 Å². The summed E-state index contributed by atoms with van der Waals surface area (Å²) in [6.07, 6.45) is 3.09. The van der Waals surface area contributed by atoms with Gasteiger partial charge >= 0.3 is 0 Å². The van der Waals surface area contributed by atoms with E-state index in [0.717, 1.165) is 5.69 Å². The molecule has 1 atom stereocenters. The van der Waals surface area contributed by atoms with Crippen molar-refractivity contribution in [3.05, 3.63) is 11.9 Å². The third-order valence-electron chi connectivity index (χ3n) is 1.79. The van der Waals surface area contributed by atoms with Crippen molar-refractivity contribution in [3.63, 3.8) is 0 Å². The summed E-state index contributed by atoms with van der Waals surface area (Å²) in [7, 11) is 1.79. The number of aromatic nitrogens is 3. The smallest absolute Gasteiger partial charge is 0.0852 e. The third-order valence-corrected chi connectivity index (χ3v) is 1.79. The Morgan fingerprint density at radius 1 is 1.62 bits per heavy atom. The molecule has 0 saturated carbocycles. The standard InChI is InChI=1S/C8H15N3O2/c1-11-6-7(9-10-11)5-8(13)3-2-4-12/h6,8,12-13H,2-5H2,1H3. The zero-order valence-electron chi connectivity index (χ0n) is 7.72. The molecule has 0 aliphatic heterocycles. The SMILES string of the molecule is Cn1cc(CC(O)CCCO)nn1. The van der Waals surface area contributed by atoms with Crippen molar-refractivity contribution >= 4 is 0 Å². The van der Waals surface area contributed by atoms with Crippen LogP contribution in [0.4, 0.5) is 0 Å². The molecule has 0 saturated heterocycles. The van der Waals surface area contributed by atoms with Crippen molar-refractivity contribution < 1.29 is 10.2 Å². The van der Waals surface area contributed by atoms with Gasteiger partial charge in [-0.05, 0) is 12.8 Å². The van der Waals surface area contributed by atoms with Crippen LogP contribution in [0.3, 0.4) is 0 Å². The second-order valence-electron chi connectivity index (χ2n) is 3.11. The summed E-state index contributed by atoms with van der Waals surface area (Å²) >= 11 is 0. The molecular weight excluding hydrogens is 170 g/mol. The number of hydrogen-bond acceptors (Lipinski definition) is 4. The highest BCUT2D eigenvalue weighted by molar-refractivity contribution is 4.93. The molecule has 0 aromatic carbocycles. The molecule has 0 spiro atoms. The van der Waals surface area contributed by atoms with Crippen LogP contribution in [-0.2, 0) is 13.5 Å². The molecule has 5 heteroatoms. The van der Waals surface area contributed by atoms with Gasteiger partial charge in [-0.1, -0.05) is 5.21 Å². The summed E-state index contributed by atoms with van der Waals surface area (Å²) < 4.78 is 1.61. The molecule has 0 aliphatic carbocycles. The Balaban J connectivity index is 2.31. The Kier molecular flexibility index (Phi) is 3.85. The average Bonchev–Trinajstić information content (AvgIpc) is 2.48. The summed E-state index contributed by atoms with van der Waals surface area (Å²) in [5.74, 6) is 0. The van der Waals surface area contributed by atoms with Crippen molar-refractivity contribution in [1.29, 1.82) is 0 Å². The molecule has 13 heavy (non-hydrogen) atoms. The van der Waals surface area contributed by atoms with E-state index in [1.807, 2.05) is 0 Å². The molecule has 74 valence electrons. The van der Waals surface area contributed by atoms with Gasteiger partial charge in [0.25, 0.3) is 0 Å². The van der Waals surface area contributed by atoms with Crippen LogP contribution in [0.15, 0.2) is 6.20 Å². The van der Waals surface area contributed by atoms with Crippen molar-refractivity contribution in [2.75, 3.05) is 6.61 Å². The van der Waals surface area contributed by atoms with Gasteiger partial charge in [0.1, 0.15) is 0 Å². The van der Waals surface area contributed by atoms with E-state index in [9.17, 15) is 5.11 Å². The van der Waals surface area contributed by atoms with Gasteiger partial charge in [-0.3, -0.25) is 4.68 Å². The van der Waals surface area contributed by atoms with Gasteiger partial charge in [0, 0.05) is 26.3 Å². The van der Waals surface area contributed by atoms with E-state index in [4.69, 9.17) is 5.11 Å². The van der Waals surface area contributed by atoms with Crippen LogP contribution in [0, 0.1) is 0 Å². The van der Waals surface area contributed by atoms with Crippen LogP contribution in [0.2, 0.25) is 0 Å². The lowest BCUT2D eigenvalue weighted by atomic mass is 10.1. The Morgan fingerprint density at radius 2 is 2.38 bits per heavy atom. The minimum Gasteiger partial charge on any atom is -0.396 e. The first-order chi connectivity index (χ1) is 6.22. The predicted molar refractivity (Wildman–Crippen MR) is 47.0 cm³/mol. The summed E-state index contributed by atoms with van der Waals surface area (Å²) in [6, 6.07) is 0. The molecule has 1 heterocycles. The lowest BCUT2D eigenvalue weighted by Crippen LogP contribution is -2.11. The fourth-order valence-electron chi connectivity index (χ4n) is 1.16. The molecule has 0 aliphatic rings. The molecule has 0 bridgehead atoms. The van der Waals surface area contributed by atoms with E-state index in [1.165, 1.54) is 0 Å². The van der Waals surface area contributed by atoms with E-state index in [-0.39, 0.29) is 6.61 Å². The highest BCUT2D eigenvalue weighted by Crippen LogP contribution is 2.03. The molecule has 1 unspecified atom stereocenters. The Morgan fingerprint density at radius 3 is 2.92 bits per heavy atom. The monoisotopic (exact) mass is 185 g/mol. The second kappa shape index (κ2) is 4.94. The van der Waals surface area contributed by atoms with Crippen LogP contribution < -0.4 is 0 Å². The Hall–Kier alpha value is -0.940. The van der Waals surface area contributed by atoms with Crippen LogP contribution in [0.1, 0.15) is 18.5 Å². The zero-order valence-corrected chi connectivity index (χ0v) is 7.72. The van der Waals surface area contributed by atoms with Crippen LogP contribution in [0.5, 0.6) is 0 Å². The number of aliphatic hydroxyl groups excluding tert-OH is 2. The fraction of sp³-hybridized carbons (Fsp3) is 0.750. The molecule has 0 amide bonds. The average molecular weight is 185 g/mol. The largest absolute Gasteiger partial charge is 0.396 e. The topological polar surface area (TPSA) is 71.2 Å². The number of rotatable bonds is 5. The fourth-order valence-corrected chi connectivity index (χ4v) is 1.16. The maximum absolute atomic E-state index is 9.45. The van der Waals surface area contributed by atoms with Crippen LogP contribution in [-0.4, -0.2) is 37.9 Å². The third kappa shape index (κ3) is 3.52. The minimum atomic E-state index is -0.427. The minimum absolute atomic E-state index is 0.123. The molecule has 1 aromatic rings. The summed E-state index contributed by atoms with van der Waals surface area (Å²) in [5.41, 5.74) is 0.785. The first-order valence-electron chi connectivity index (χ1n) is 4.36. The van der Waals surface area contributed by atoms with Crippen LogP contribution >= 0.6 is 0 Å². The molecule has 2 N–H and O–H groups in total. The van der Waals surface area contributed by atoms with Crippen molar-refractivity contribution in [2.45, 2.75) is 25.4 Å². The number of aryl methyl sites for hydroxylation is 1. The lowest BCUT2D eigenvalue weighted by Gasteiger charge is -2.05. The highest BCUT2D eigenvalue weighted by Gasteiger charge is 2.07. The molecule has 0 fully saturated rings. The summed E-state index contributed by atoms with van der Waals surface area (Å²) in [4.78, 5) is 0. The maximum atomic E-state index is 9.45. The van der Waals surface area contributed by atoms with Crippen molar-refractivity contribution in [1.82, 2.24) is 15.0 Å². The second-order valence-corrected chi connectivity index (χ2v) is 3.11. The van der Waals surface area contributed by atoms with E-state index in [2.05, 4.69) is 10.3 Å². The quantitative estimate of drug-likeness (QED) is 0.648. The van der Waals surface area contributed by atoms with E-state index in [1.54, 1.807) is 17.9 Å². The van der Waals surface area contributed by atoms with Gasteiger partial charge in [0.2, 0.25) is 0 Å². The van der Waals surface area contributed by atoms with Gasteiger partial charge in [0.15, 0.2) is 0 Å². The van der Waals surface area contributed by atoms with Gasteiger partial charge < -0.3 is 10.2 Å². The normalized spacial score (nSPS) is 13.2. The summed E-state index contributed by atoms with van der Waals surface area (Å²) in [5, 5.41) is 25.6. The van der Waals surface area contributed by atoms with E-state index < -0.39 is 6.10 Å². The van der Waals surface area contributed by atoms with Gasteiger partial charge in [-0.2, -0.15) is 0 Å². The number of hydrogen-bond donors (Lipinski definition) is 2.